The first-order valence-electron chi connectivity index (χ1n) is 12.4. The molecule has 0 aliphatic heterocycles. The number of carbonyl (C=O) groups is 1. The topological polar surface area (TPSA) is 83.5 Å². The molecule has 39 heavy (non-hydrogen) atoms. The van der Waals surface area contributed by atoms with Gasteiger partial charge in [0.1, 0.15) is 11.3 Å². The molecule has 2 aromatic carbocycles. The first-order chi connectivity index (χ1) is 18.6. The summed E-state index contributed by atoms with van der Waals surface area (Å²) >= 11 is 2.09. The van der Waals surface area contributed by atoms with Gasteiger partial charge in [0.15, 0.2) is 0 Å². The number of benzene rings is 2. The zero-order chi connectivity index (χ0) is 28.1. The number of aliphatic hydroxyl groups excluding tert-OH is 1. The van der Waals surface area contributed by atoms with E-state index in [1.165, 1.54) is 12.1 Å². The van der Waals surface area contributed by atoms with Crippen molar-refractivity contribution in [3.05, 3.63) is 93.3 Å². The maximum absolute atomic E-state index is 13.8. The monoisotopic (exact) mass is 657 g/mol. The van der Waals surface area contributed by atoms with Crippen LogP contribution in [0.25, 0.3) is 0 Å². The molecule has 3 N–H and O–H groups in total. The van der Waals surface area contributed by atoms with Gasteiger partial charge in [-0.05, 0) is 70.8 Å². The molecule has 0 radical (unpaired) electrons. The maximum atomic E-state index is 13.8. The molecule has 1 saturated carbocycles. The second-order valence-electron chi connectivity index (χ2n) is 9.65. The van der Waals surface area contributed by atoms with E-state index in [2.05, 4.69) is 42.9 Å². The van der Waals surface area contributed by atoms with Crippen LogP contribution in [0.5, 0.6) is 5.75 Å². The number of amides is 2. The summed E-state index contributed by atoms with van der Waals surface area (Å²) < 4.78 is 58.6. The van der Waals surface area contributed by atoms with Crippen LogP contribution in [0.2, 0.25) is 0 Å². The predicted octanol–water partition coefficient (Wildman–Crippen LogP) is 6.01. The molecular formula is C28H28F4IN3O3. The number of aliphatic hydroxyl groups is 1. The minimum Gasteiger partial charge on any atom is -0.428 e. The molecule has 4 rings (SSSR count). The molecule has 0 unspecified atom stereocenters. The van der Waals surface area contributed by atoms with Crippen molar-refractivity contribution in [3.8, 4) is 5.75 Å². The summed E-state index contributed by atoms with van der Waals surface area (Å²) in [6.07, 6.45) is -4.06. The minimum atomic E-state index is -4.71. The van der Waals surface area contributed by atoms with Crippen molar-refractivity contribution in [3.63, 3.8) is 0 Å². The van der Waals surface area contributed by atoms with Gasteiger partial charge in [0, 0.05) is 16.2 Å². The van der Waals surface area contributed by atoms with Crippen LogP contribution in [0.4, 0.5) is 22.4 Å². The second-order valence-corrected chi connectivity index (χ2v) is 10.9. The lowest BCUT2D eigenvalue weighted by atomic mass is 9.80. The molecule has 1 aliphatic rings. The number of alkyl halides is 4. The normalized spacial score (nSPS) is 16.5. The number of hydrogen-bond acceptors (Lipinski definition) is 4. The van der Waals surface area contributed by atoms with Crippen molar-refractivity contribution in [2.24, 2.45) is 0 Å². The minimum absolute atomic E-state index is 0.148. The summed E-state index contributed by atoms with van der Waals surface area (Å²) in [6, 6.07) is 17.4. The van der Waals surface area contributed by atoms with E-state index >= 15 is 0 Å². The predicted molar refractivity (Wildman–Crippen MR) is 146 cm³/mol. The molecule has 11 heteroatoms. The lowest BCUT2D eigenvalue weighted by Gasteiger charge is -2.37. The van der Waals surface area contributed by atoms with Gasteiger partial charge in [0.05, 0.1) is 17.8 Å². The van der Waals surface area contributed by atoms with Crippen LogP contribution in [0, 0.1) is 3.57 Å². The Labute approximate surface area is 237 Å². The number of urea groups is 1. The third-order valence-electron chi connectivity index (χ3n) is 6.88. The van der Waals surface area contributed by atoms with E-state index in [1.54, 1.807) is 24.4 Å². The Balaban J connectivity index is 1.83. The van der Waals surface area contributed by atoms with Crippen molar-refractivity contribution in [1.29, 1.82) is 0 Å². The molecule has 3 aromatic rings. The molecule has 1 aliphatic carbocycles. The first kappa shape index (κ1) is 29.1. The van der Waals surface area contributed by atoms with Gasteiger partial charge in [-0.25, -0.2) is 4.79 Å². The number of nitrogens with zero attached hydrogens (tertiary/aromatic N) is 1. The zero-order valence-electron chi connectivity index (χ0n) is 20.8. The van der Waals surface area contributed by atoms with Gasteiger partial charge in [-0.2, -0.15) is 17.6 Å². The Hall–Kier alpha value is -2.93. The van der Waals surface area contributed by atoms with Gasteiger partial charge in [-0.15, -0.1) is 0 Å². The summed E-state index contributed by atoms with van der Waals surface area (Å²) in [5.74, 6) is -0.495. The molecule has 0 spiro atoms. The summed E-state index contributed by atoms with van der Waals surface area (Å²) in [5.41, 5.74) is -0.733. The molecule has 2 amide bonds. The van der Waals surface area contributed by atoms with Crippen molar-refractivity contribution in [2.75, 3.05) is 6.61 Å². The Morgan fingerprint density at radius 3 is 2.41 bits per heavy atom. The fraction of sp³-hybridized carbons (Fsp3) is 0.357. The average molecular weight is 657 g/mol. The van der Waals surface area contributed by atoms with Gasteiger partial charge in [0.2, 0.25) is 0 Å². The smallest absolute Gasteiger partial charge is 0.428 e. The van der Waals surface area contributed by atoms with Gasteiger partial charge >= 0.3 is 18.6 Å². The van der Waals surface area contributed by atoms with Crippen molar-refractivity contribution in [1.82, 2.24) is 15.6 Å². The van der Waals surface area contributed by atoms with Crippen LogP contribution < -0.4 is 15.4 Å². The maximum Gasteiger partial charge on any atom is 0.461 e. The highest BCUT2D eigenvalue weighted by Crippen LogP contribution is 2.37. The highest BCUT2D eigenvalue weighted by Gasteiger charge is 2.45. The van der Waals surface area contributed by atoms with E-state index < -0.39 is 35.4 Å². The van der Waals surface area contributed by atoms with Gasteiger partial charge in [-0.3, -0.25) is 4.98 Å². The van der Waals surface area contributed by atoms with Crippen LogP contribution >= 0.6 is 22.6 Å². The van der Waals surface area contributed by atoms with Crippen molar-refractivity contribution < 1.29 is 32.2 Å². The van der Waals surface area contributed by atoms with E-state index in [9.17, 15) is 27.5 Å². The molecular weight excluding hydrogens is 629 g/mol. The fourth-order valence-corrected chi connectivity index (χ4v) is 5.24. The van der Waals surface area contributed by atoms with E-state index in [4.69, 9.17) is 0 Å². The van der Waals surface area contributed by atoms with E-state index in [1.807, 2.05) is 30.3 Å². The lowest BCUT2D eigenvalue weighted by molar-refractivity contribution is -0.253. The van der Waals surface area contributed by atoms with Crippen LogP contribution in [0.3, 0.4) is 0 Å². The standard InChI is InChI=1S/C28H28F4IN3O3/c29-24(30)28(31,32)39-22-10-6-9-20(15-22)27(16-19-7-2-1-3-8-19,23-12-11-21(33)17-34-23)36-25(38)35-26(18-37)13-4-5-14-26/h1-3,6-12,15,17,24,37H,4-5,13-14,16,18H2,(H2,35,36,38)/t27-/m1/s1. The molecule has 6 nitrogen and oxygen atoms in total. The second kappa shape index (κ2) is 12.1. The quantitative estimate of drug-likeness (QED) is 0.184. The van der Waals surface area contributed by atoms with Gasteiger partial charge in [-0.1, -0.05) is 55.3 Å². The van der Waals surface area contributed by atoms with Crippen LogP contribution in [-0.2, 0) is 12.0 Å². The molecule has 0 saturated heterocycles. The number of halogens is 5. The lowest BCUT2D eigenvalue weighted by Crippen LogP contribution is -2.58. The van der Waals surface area contributed by atoms with Crippen LogP contribution in [-0.4, -0.2) is 40.8 Å². The molecule has 1 heterocycles. The number of hydrogen-bond donors (Lipinski definition) is 3. The third-order valence-corrected chi connectivity index (χ3v) is 7.52. The van der Waals surface area contributed by atoms with Crippen molar-refractivity contribution >= 4 is 28.6 Å². The molecule has 0 bridgehead atoms. The zero-order valence-corrected chi connectivity index (χ0v) is 23.0. The Morgan fingerprint density at radius 2 is 1.79 bits per heavy atom. The van der Waals surface area contributed by atoms with E-state index in [0.717, 1.165) is 28.0 Å². The number of nitrogens with one attached hydrogen (secondary N) is 2. The summed E-state index contributed by atoms with van der Waals surface area (Å²) in [5, 5.41) is 16.0. The van der Waals surface area contributed by atoms with Crippen LogP contribution in [0.15, 0.2) is 72.9 Å². The molecule has 1 atom stereocenters. The third kappa shape index (κ3) is 6.81. The number of aromatic nitrogens is 1. The summed E-state index contributed by atoms with van der Waals surface area (Å²) in [4.78, 5) is 18.1. The Kier molecular flexibility index (Phi) is 9.00. The van der Waals surface area contributed by atoms with E-state index in [0.29, 0.717) is 24.1 Å². The highest BCUT2D eigenvalue weighted by molar-refractivity contribution is 14.1. The SMILES string of the molecule is O=C(NC1(CO)CCCC1)N[C@](Cc1ccccc1)(c1cccc(OC(F)(F)C(F)F)c1)c1ccc(I)cn1. The number of pyridine rings is 1. The average Bonchev–Trinajstić information content (AvgIpc) is 3.38. The first-order valence-corrected chi connectivity index (χ1v) is 13.5. The van der Waals surface area contributed by atoms with Gasteiger partial charge < -0.3 is 20.5 Å². The Morgan fingerprint density at radius 1 is 1.08 bits per heavy atom. The number of rotatable bonds is 10. The molecule has 1 aromatic heterocycles. The summed E-state index contributed by atoms with van der Waals surface area (Å²) in [7, 11) is 0. The van der Waals surface area contributed by atoms with E-state index in [-0.39, 0.29) is 13.0 Å². The fourth-order valence-electron chi connectivity index (χ4n) is 4.92. The Bertz CT molecular complexity index is 1260. The largest absolute Gasteiger partial charge is 0.461 e. The van der Waals surface area contributed by atoms with Gasteiger partial charge in [0.25, 0.3) is 0 Å². The number of carbonyl (C=O) groups excluding carboxylic acids is 1. The van der Waals surface area contributed by atoms with Crippen molar-refractivity contribution in [2.45, 2.75) is 55.7 Å². The number of ether oxygens (including phenoxy) is 1. The highest BCUT2D eigenvalue weighted by atomic mass is 127. The molecule has 1 fully saturated rings. The molecule has 208 valence electrons. The van der Waals surface area contributed by atoms with Crippen LogP contribution in [0.1, 0.15) is 42.5 Å². The summed E-state index contributed by atoms with van der Waals surface area (Å²) in [6.45, 7) is -0.236.